The number of halogens is 1. The first-order valence-corrected chi connectivity index (χ1v) is 4.71. The highest BCUT2D eigenvalue weighted by Crippen LogP contribution is 2.19. The van der Waals surface area contributed by atoms with Gasteiger partial charge in [0, 0.05) is 12.5 Å². The van der Waals surface area contributed by atoms with Gasteiger partial charge in [0.15, 0.2) is 17.3 Å². The van der Waals surface area contributed by atoms with Crippen molar-refractivity contribution in [2.45, 2.75) is 6.92 Å². The largest absolute Gasteiger partial charge is 0.441 e. The fourth-order valence-electron chi connectivity index (χ4n) is 1.36. The van der Waals surface area contributed by atoms with Gasteiger partial charge in [-0.3, -0.25) is 4.79 Å². The number of carbonyl (C=O) groups is 1. The van der Waals surface area contributed by atoms with Crippen molar-refractivity contribution in [3.63, 3.8) is 0 Å². The Hall–Kier alpha value is -1.35. The number of alkyl halides is 1. The third-order valence-corrected chi connectivity index (χ3v) is 2.19. The van der Waals surface area contributed by atoms with E-state index in [4.69, 9.17) is 16.0 Å². The van der Waals surface area contributed by atoms with Gasteiger partial charge in [0.2, 0.25) is 0 Å². The summed E-state index contributed by atoms with van der Waals surface area (Å²) in [5, 5.41) is 0. The molecule has 0 aliphatic rings. The van der Waals surface area contributed by atoms with Gasteiger partial charge in [-0.05, 0) is 12.1 Å². The minimum atomic E-state index is -0.134. The maximum Gasteiger partial charge on any atom is 0.192 e. The van der Waals surface area contributed by atoms with E-state index in [1.165, 1.54) is 0 Å². The lowest BCUT2D eigenvalue weighted by molar-refractivity contribution is 0.102. The van der Waals surface area contributed by atoms with Crippen molar-refractivity contribution in [1.29, 1.82) is 0 Å². The number of aromatic nitrogens is 1. The van der Waals surface area contributed by atoms with Crippen LogP contribution in [0.5, 0.6) is 0 Å². The van der Waals surface area contributed by atoms with Crippen LogP contribution < -0.4 is 0 Å². The molecule has 1 aromatic carbocycles. The minimum Gasteiger partial charge on any atom is -0.441 e. The smallest absolute Gasteiger partial charge is 0.192 e. The molecule has 2 rings (SSSR count). The van der Waals surface area contributed by atoms with Crippen molar-refractivity contribution in [2.75, 3.05) is 5.88 Å². The number of rotatable bonds is 2. The summed E-state index contributed by atoms with van der Waals surface area (Å²) in [5.41, 5.74) is 1.74. The van der Waals surface area contributed by atoms with Crippen LogP contribution in [0.3, 0.4) is 0 Å². The van der Waals surface area contributed by atoms with E-state index in [0.717, 1.165) is 0 Å². The molecular weight excluding hydrogens is 202 g/mol. The number of para-hydroxylation sites is 1. The van der Waals surface area contributed by atoms with Crippen molar-refractivity contribution in [3.05, 3.63) is 29.7 Å². The molecule has 0 radical (unpaired) electrons. The molecule has 1 aromatic heterocycles. The number of fused-ring (bicyclic) bond motifs is 1. The van der Waals surface area contributed by atoms with E-state index >= 15 is 0 Å². The van der Waals surface area contributed by atoms with Crippen LogP contribution in [0.4, 0.5) is 0 Å². The summed E-state index contributed by atoms with van der Waals surface area (Å²) in [6.45, 7) is 1.74. The molecule has 0 fully saturated rings. The number of ketones is 1. The molecule has 0 N–H and O–H groups in total. The normalized spacial score (nSPS) is 10.7. The average Bonchev–Trinajstić information content (AvgIpc) is 2.56. The molecule has 4 heteroatoms. The van der Waals surface area contributed by atoms with Crippen LogP contribution in [0.15, 0.2) is 22.6 Å². The fraction of sp³-hybridized carbons (Fsp3) is 0.200. The van der Waals surface area contributed by atoms with Gasteiger partial charge in [0.1, 0.15) is 5.52 Å². The van der Waals surface area contributed by atoms with Crippen molar-refractivity contribution >= 4 is 28.5 Å². The number of hydrogen-bond donors (Lipinski definition) is 0. The van der Waals surface area contributed by atoms with Crippen LogP contribution in [0.2, 0.25) is 0 Å². The minimum absolute atomic E-state index is 0.0367. The monoisotopic (exact) mass is 209 g/mol. The zero-order valence-corrected chi connectivity index (χ0v) is 8.34. The number of nitrogens with zero attached hydrogens (tertiary/aromatic N) is 1. The lowest BCUT2D eigenvalue weighted by Gasteiger charge is -1.95. The molecule has 3 nitrogen and oxygen atoms in total. The van der Waals surface area contributed by atoms with E-state index in [0.29, 0.717) is 22.6 Å². The molecule has 14 heavy (non-hydrogen) atoms. The molecule has 0 spiro atoms. The lowest BCUT2D eigenvalue weighted by atomic mass is 10.1. The van der Waals surface area contributed by atoms with E-state index in [-0.39, 0.29) is 11.7 Å². The van der Waals surface area contributed by atoms with Crippen LogP contribution in [0.25, 0.3) is 11.1 Å². The van der Waals surface area contributed by atoms with Crippen molar-refractivity contribution in [2.24, 2.45) is 0 Å². The molecule has 0 unspecified atom stereocenters. The topological polar surface area (TPSA) is 43.1 Å². The molecule has 0 aliphatic carbocycles. The summed E-state index contributed by atoms with van der Waals surface area (Å²) in [4.78, 5) is 15.6. The third kappa shape index (κ3) is 1.40. The van der Waals surface area contributed by atoms with Crippen molar-refractivity contribution < 1.29 is 9.21 Å². The number of oxazole rings is 1. The molecular formula is C10H8ClNO2. The molecule has 2 aromatic rings. The Kier molecular flexibility index (Phi) is 2.25. The van der Waals surface area contributed by atoms with Gasteiger partial charge in [-0.2, -0.15) is 0 Å². The molecule has 0 saturated carbocycles. The van der Waals surface area contributed by atoms with Crippen molar-refractivity contribution in [1.82, 2.24) is 4.98 Å². The zero-order valence-electron chi connectivity index (χ0n) is 7.58. The van der Waals surface area contributed by atoms with E-state index in [1.54, 1.807) is 25.1 Å². The molecule has 0 saturated heterocycles. The summed E-state index contributed by atoms with van der Waals surface area (Å²) < 4.78 is 5.30. The summed E-state index contributed by atoms with van der Waals surface area (Å²) >= 11 is 5.49. The number of hydrogen-bond acceptors (Lipinski definition) is 3. The van der Waals surface area contributed by atoms with Gasteiger partial charge < -0.3 is 4.42 Å². The molecule has 0 aliphatic heterocycles. The predicted molar refractivity (Wildman–Crippen MR) is 53.8 cm³/mol. The summed E-state index contributed by atoms with van der Waals surface area (Å²) in [6.07, 6.45) is 0. The lowest BCUT2D eigenvalue weighted by Crippen LogP contribution is -2.00. The first-order valence-electron chi connectivity index (χ1n) is 4.17. The van der Waals surface area contributed by atoms with Crippen LogP contribution in [0, 0.1) is 6.92 Å². The highest BCUT2D eigenvalue weighted by atomic mass is 35.5. The van der Waals surface area contributed by atoms with Crippen molar-refractivity contribution in [3.8, 4) is 0 Å². The Labute approximate surface area is 85.7 Å². The van der Waals surface area contributed by atoms with E-state index < -0.39 is 0 Å². The Morgan fingerprint density at radius 1 is 1.57 bits per heavy atom. The number of benzene rings is 1. The van der Waals surface area contributed by atoms with Crippen LogP contribution in [0.1, 0.15) is 16.2 Å². The first kappa shape index (κ1) is 9.21. The molecule has 0 amide bonds. The fourth-order valence-corrected chi connectivity index (χ4v) is 1.50. The quantitative estimate of drug-likeness (QED) is 0.564. The maximum atomic E-state index is 11.4. The maximum absolute atomic E-state index is 11.4. The number of aryl methyl sites for hydroxylation is 1. The second kappa shape index (κ2) is 3.42. The van der Waals surface area contributed by atoms with Crippen LogP contribution in [-0.4, -0.2) is 16.6 Å². The SMILES string of the molecule is Cc1nc2c(C(=O)CCl)cccc2o1. The Bertz CT molecular complexity index is 490. The number of carbonyl (C=O) groups excluding carboxylic acids is 1. The first-order chi connectivity index (χ1) is 6.72. The highest BCUT2D eigenvalue weighted by Gasteiger charge is 2.12. The van der Waals surface area contributed by atoms with Crippen LogP contribution >= 0.6 is 11.6 Å². The number of Topliss-reactive ketones (excluding diaryl/α,β-unsaturated/α-hetero) is 1. The zero-order chi connectivity index (χ0) is 10.1. The van der Waals surface area contributed by atoms with E-state index in [2.05, 4.69) is 4.98 Å². The summed E-state index contributed by atoms with van der Waals surface area (Å²) in [5.74, 6) is 0.380. The van der Waals surface area contributed by atoms with Gasteiger partial charge in [-0.1, -0.05) is 6.07 Å². The standard InChI is InChI=1S/C10H8ClNO2/c1-6-12-10-7(8(13)5-11)3-2-4-9(10)14-6/h2-4H,5H2,1H3. The van der Waals surface area contributed by atoms with Gasteiger partial charge in [-0.15, -0.1) is 11.6 Å². The molecule has 72 valence electrons. The highest BCUT2D eigenvalue weighted by molar-refractivity contribution is 6.31. The van der Waals surface area contributed by atoms with Gasteiger partial charge in [0.05, 0.1) is 5.88 Å². The van der Waals surface area contributed by atoms with Gasteiger partial charge in [0.25, 0.3) is 0 Å². The van der Waals surface area contributed by atoms with Gasteiger partial charge in [-0.25, -0.2) is 4.98 Å². The Morgan fingerprint density at radius 2 is 2.36 bits per heavy atom. The Balaban J connectivity index is 2.70. The van der Waals surface area contributed by atoms with Crippen LogP contribution in [-0.2, 0) is 0 Å². The summed E-state index contributed by atoms with van der Waals surface area (Å²) in [6, 6.07) is 5.24. The molecule has 1 heterocycles. The second-order valence-corrected chi connectivity index (χ2v) is 3.21. The molecule has 0 atom stereocenters. The second-order valence-electron chi connectivity index (χ2n) is 2.94. The predicted octanol–water partition coefficient (Wildman–Crippen LogP) is 2.56. The molecule has 0 bridgehead atoms. The Morgan fingerprint density at radius 3 is 3.07 bits per heavy atom. The van der Waals surface area contributed by atoms with E-state index in [9.17, 15) is 4.79 Å². The summed E-state index contributed by atoms with van der Waals surface area (Å²) in [7, 11) is 0. The van der Waals surface area contributed by atoms with Gasteiger partial charge >= 0.3 is 0 Å². The average molecular weight is 210 g/mol. The third-order valence-electron chi connectivity index (χ3n) is 1.95. The van der Waals surface area contributed by atoms with E-state index in [1.807, 2.05) is 0 Å².